The number of para-hydroxylation sites is 1. The van der Waals surface area contributed by atoms with E-state index in [1.54, 1.807) is 96.3 Å². The van der Waals surface area contributed by atoms with Crippen LogP contribution in [0.4, 0.5) is 41.6 Å². The molecule has 0 saturated heterocycles. The van der Waals surface area contributed by atoms with E-state index in [0.717, 1.165) is 72.5 Å². The number of nitrogens with zero attached hydrogens (tertiary/aromatic N) is 4. The van der Waals surface area contributed by atoms with Crippen molar-refractivity contribution in [2.75, 3.05) is 21.3 Å². The van der Waals surface area contributed by atoms with Gasteiger partial charge in [-0.15, -0.1) is 0 Å². The Labute approximate surface area is 463 Å². The van der Waals surface area contributed by atoms with E-state index in [4.69, 9.17) is 9.47 Å². The molecule has 4 aromatic carbocycles. The van der Waals surface area contributed by atoms with Crippen LogP contribution in [0.5, 0.6) is 0 Å². The van der Waals surface area contributed by atoms with Crippen molar-refractivity contribution in [3.05, 3.63) is 161 Å². The average molecular weight is 1090 g/mol. The first-order valence-electron chi connectivity index (χ1n) is 27.0. The molecule has 10 rings (SSSR count). The molecule has 7 N–H and O–H groups in total. The number of amides is 4. The molecule has 0 bridgehead atoms. The van der Waals surface area contributed by atoms with Crippen molar-refractivity contribution < 1.29 is 37.4 Å². The summed E-state index contributed by atoms with van der Waals surface area (Å²) in [6.07, 6.45) is 12.6. The molecule has 80 heavy (non-hydrogen) atoms. The molecule has 19 heteroatoms. The lowest BCUT2D eigenvalue weighted by Gasteiger charge is -2.30. The summed E-state index contributed by atoms with van der Waals surface area (Å²) in [5.41, 5.74) is 5.96. The number of carbonyl (C=O) groups excluding carboxylic acids is 4. The van der Waals surface area contributed by atoms with Crippen molar-refractivity contribution in [2.24, 2.45) is 0 Å². The van der Waals surface area contributed by atoms with Gasteiger partial charge < -0.3 is 35.7 Å². The average Bonchev–Trinajstić information content (AvgIpc) is 4.05. The predicted octanol–water partition coefficient (Wildman–Crippen LogP) is 12.4. The van der Waals surface area contributed by atoms with Crippen LogP contribution in [-0.2, 0) is 15.9 Å². The van der Waals surface area contributed by atoms with Gasteiger partial charge in [-0.05, 0) is 165 Å². The SMILES string of the molecule is CC(C)(C)OC(=O)Nc1ccc(C(=O)N[C@H]2CCC[C@@H](Nc3ncc(F)c(-c4c[nH]c5ccccc45)n3)C2)cc1.CC(C)(C)OC(=O)Nc1ccc(C(=O)N[C@H]2CCC[C@@H](Nc3ncc(F)c(C4=CCc5ccccc54)n3)C2)cc1. The lowest BCUT2D eigenvalue weighted by molar-refractivity contribution is 0.0624. The fraction of sp³-hybridized carbons (Fsp3) is 0.344. The second-order valence-electron chi connectivity index (χ2n) is 22.3. The Bertz CT molecular complexity index is 3390. The summed E-state index contributed by atoms with van der Waals surface area (Å²) in [6.45, 7) is 10.8. The van der Waals surface area contributed by atoms with Gasteiger partial charge in [0, 0.05) is 74.9 Å². The van der Waals surface area contributed by atoms with Gasteiger partial charge in [0.15, 0.2) is 11.6 Å². The number of aromatic amines is 1. The summed E-state index contributed by atoms with van der Waals surface area (Å²) in [5.74, 6) is -0.569. The largest absolute Gasteiger partial charge is 0.444 e. The van der Waals surface area contributed by atoms with Crippen LogP contribution in [0.15, 0.2) is 122 Å². The molecule has 4 amide bonds. The molecule has 2 saturated carbocycles. The Morgan fingerprint density at radius 2 is 1.05 bits per heavy atom. The highest BCUT2D eigenvalue weighted by Crippen LogP contribution is 2.34. The minimum atomic E-state index is -0.598. The summed E-state index contributed by atoms with van der Waals surface area (Å²) in [4.78, 5) is 70.3. The number of hydrogen-bond donors (Lipinski definition) is 7. The van der Waals surface area contributed by atoms with E-state index >= 15 is 0 Å². The van der Waals surface area contributed by atoms with Crippen LogP contribution in [-0.4, -0.2) is 84.3 Å². The number of aromatic nitrogens is 5. The summed E-state index contributed by atoms with van der Waals surface area (Å²) in [7, 11) is 0. The number of hydrogen-bond acceptors (Lipinski definition) is 12. The number of benzene rings is 4. The van der Waals surface area contributed by atoms with Crippen molar-refractivity contribution >= 4 is 63.7 Å². The third-order valence-electron chi connectivity index (χ3n) is 13.7. The molecule has 3 heterocycles. The highest BCUT2D eigenvalue weighted by atomic mass is 19.1. The van der Waals surface area contributed by atoms with E-state index in [-0.39, 0.29) is 41.7 Å². The number of allylic oxidation sites excluding steroid dienone is 1. The lowest BCUT2D eigenvalue weighted by atomic mass is 9.91. The van der Waals surface area contributed by atoms with E-state index < -0.39 is 35.0 Å². The lowest BCUT2D eigenvalue weighted by Crippen LogP contribution is -2.42. The zero-order valence-corrected chi connectivity index (χ0v) is 45.7. The summed E-state index contributed by atoms with van der Waals surface area (Å²) >= 11 is 0. The Kier molecular flexibility index (Phi) is 17.2. The predicted molar refractivity (Wildman–Crippen MR) is 305 cm³/mol. The highest BCUT2D eigenvalue weighted by molar-refractivity contribution is 5.97. The summed E-state index contributed by atoms with van der Waals surface area (Å²) in [5, 5.41) is 19.1. The molecule has 0 spiro atoms. The van der Waals surface area contributed by atoms with E-state index in [0.29, 0.717) is 58.5 Å². The maximum atomic E-state index is 14.7. The summed E-state index contributed by atoms with van der Waals surface area (Å²) < 4.78 is 40.0. The van der Waals surface area contributed by atoms with Gasteiger partial charge >= 0.3 is 12.2 Å². The first-order chi connectivity index (χ1) is 38.3. The molecule has 2 fully saturated rings. The van der Waals surface area contributed by atoms with E-state index in [9.17, 15) is 28.0 Å². The first kappa shape index (κ1) is 56.0. The smallest absolute Gasteiger partial charge is 0.412 e. The van der Waals surface area contributed by atoms with Crippen LogP contribution in [0.3, 0.4) is 0 Å². The highest BCUT2D eigenvalue weighted by Gasteiger charge is 2.28. The molecular formula is C61H67F2N11O6. The van der Waals surface area contributed by atoms with Gasteiger partial charge in [0.1, 0.15) is 22.6 Å². The normalized spacial score (nSPS) is 17.8. The minimum absolute atomic E-state index is 0.0253. The number of ether oxygens (including phenoxy) is 2. The standard InChI is InChI=1S/C31H34FN5O3.C30H33FN6O3/c1-31(2,3)40-30(39)36-21-14-11-20(12-15-21)28(38)34-22-8-6-9-23(17-22)35-29-33-18-26(32)27(37-29)25-16-13-19-7-4-5-10-24(19)25;1-30(2,3)40-29(39)36-19-13-11-18(12-14-19)27(38)34-20-7-6-8-21(15-20)35-28-33-17-24(31)26(37-28)23-16-32-25-10-5-4-9-22(23)25/h4-5,7,10-12,14-16,18,22-23H,6,8-9,13,17H2,1-3H3,(H,34,38)(H,36,39)(H,33,35,37);4-5,9-14,16-17,20-21,32H,6-8,15H2,1-3H3,(H,34,38)(H,36,39)(H,33,35,37)/t22-,23+;20-,21+/m00/s1. The number of anilines is 4. The van der Waals surface area contributed by atoms with Crippen LogP contribution in [0.25, 0.3) is 27.7 Å². The van der Waals surface area contributed by atoms with Crippen LogP contribution in [0.2, 0.25) is 0 Å². The van der Waals surface area contributed by atoms with Crippen molar-refractivity contribution in [1.29, 1.82) is 0 Å². The third-order valence-corrected chi connectivity index (χ3v) is 13.7. The molecule has 0 unspecified atom stereocenters. The number of carbonyl (C=O) groups is 4. The first-order valence-corrected chi connectivity index (χ1v) is 27.0. The molecule has 17 nitrogen and oxygen atoms in total. The number of rotatable bonds is 12. The number of nitrogens with one attached hydrogen (secondary N) is 7. The van der Waals surface area contributed by atoms with Crippen LogP contribution in [0.1, 0.15) is 130 Å². The van der Waals surface area contributed by atoms with Gasteiger partial charge in [-0.2, -0.15) is 0 Å². The summed E-state index contributed by atoms with van der Waals surface area (Å²) in [6, 6.07) is 29.0. The van der Waals surface area contributed by atoms with Gasteiger partial charge in [-0.25, -0.2) is 38.3 Å². The van der Waals surface area contributed by atoms with Gasteiger partial charge in [0.2, 0.25) is 11.9 Å². The monoisotopic (exact) mass is 1090 g/mol. The third kappa shape index (κ3) is 14.9. The molecule has 4 atom stereocenters. The molecule has 0 radical (unpaired) electrons. The topological polar surface area (TPSA) is 226 Å². The Morgan fingerprint density at radius 1 is 0.575 bits per heavy atom. The molecular weight excluding hydrogens is 1020 g/mol. The van der Waals surface area contributed by atoms with Gasteiger partial charge in [0.25, 0.3) is 11.8 Å². The van der Waals surface area contributed by atoms with Gasteiger partial charge in [-0.3, -0.25) is 20.2 Å². The van der Waals surface area contributed by atoms with Crippen LogP contribution in [0, 0.1) is 11.6 Å². The van der Waals surface area contributed by atoms with Crippen LogP contribution >= 0.6 is 0 Å². The van der Waals surface area contributed by atoms with Crippen molar-refractivity contribution in [3.8, 4) is 11.3 Å². The Balaban J connectivity index is 0.000000194. The van der Waals surface area contributed by atoms with Crippen LogP contribution < -0.4 is 31.9 Å². The molecule has 3 aliphatic rings. The van der Waals surface area contributed by atoms with Crippen molar-refractivity contribution in [2.45, 2.75) is 135 Å². The molecule has 3 aliphatic carbocycles. The van der Waals surface area contributed by atoms with Crippen molar-refractivity contribution in [1.82, 2.24) is 35.6 Å². The second-order valence-corrected chi connectivity index (χ2v) is 22.3. The van der Waals surface area contributed by atoms with Gasteiger partial charge in [-0.1, -0.05) is 48.5 Å². The maximum Gasteiger partial charge on any atom is 0.412 e. The van der Waals surface area contributed by atoms with Crippen molar-refractivity contribution in [3.63, 3.8) is 0 Å². The fourth-order valence-corrected chi connectivity index (χ4v) is 10.1. The Morgan fingerprint density at radius 3 is 1.59 bits per heavy atom. The molecule has 416 valence electrons. The maximum absolute atomic E-state index is 14.7. The van der Waals surface area contributed by atoms with Gasteiger partial charge in [0.05, 0.1) is 12.4 Å². The minimum Gasteiger partial charge on any atom is -0.444 e. The van der Waals surface area contributed by atoms with E-state index in [2.05, 4.69) is 56.8 Å². The van der Waals surface area contributed by atoms with E-state index in [1.807, 2.05) is 54.6 Å². The Hall–Kier alpha value is -8.74. The molecule has 7 aromatic rings. The van der Waals surface area contributed by atoms with E-state index in [1.165, 1.54) is 12.4 Å². The number of halogens is 2. The fourth-order valence-electron chi connectivity index (χ4n) is 10.1. The zero-order valence-electron chi connectivity index (χ0n) is 45.7. The zero-order chi connectivity index (χ0) is 56.6. The molecule has 3 aromatic heterocycles. The second kappa shape index (κ2) is 24.5. The number of H-pyrrole nitrogens is 1. The quantitative estimate of drug-likeness (QED) is 0.0607. The molecule has 0 aliphatic heterocycles. The number of fused-ring (bicyclic) bond motifs is 2.